The second-order valence-electron chi connectivity index (χ2n) is 10.8. The Hall–Kier alpha value is -2.39. The Kier molecular flexibility index (Phi) is 9.87. The first-order chi connectivity index (χ1) is 17.3. The SMILES string of the molecule is CC(C)(C)C(=O)OCOP(=O)(OCOC(=O)C(C)(C)C)OCC1O[C@@H](n2ccc(=O)[nH]c2=O)[C@](C)(O)C1O. The zero-order valence-corrected chi connectivity index (χ0v) is 23.2. The molecule has 1 aromatic heterocycles. The standard InChI is InChI=1S/C22H35N2O13P/c1-20(2,3)17(27)32-11-35-38(31,36-12-33-18(28)21(4,5)6)34-10-13-15(26)22(7,30)16(37-13)24-9-8-14(25)23-19(24)29/h8-9,13,15-16,26,30H,10-12H2,1-7H3,(H,23,25,29)/t13?,15?,16-,22-/m1/s1. The van der Waals surface area contributed by atoms with Crippen LogP contribution < -0.4 is 11.2 Å². The van der Waals surface area contributed by atoms with E-state index >= 15 is 0 Å². The van der Waals surface area contributed by atoms with E-state index in [1.54, 1.807) is 41.5 Å². The lowest BCUT2D eigenvalue weighted by Gasteiger charge is -2.27. The second-order valence-corrected chi connectivity index (χ2v) is 12.5. The van der Waals surface area contributed by atoms with E-state index in [4.69, 9.17) is 27.8 Å². The van der Waals surface area contributed by atoms with Crippen LogP contribution in [0, 0.1) is 10.8 Å². The predicted molar refractivity (Wildman–Crippen MR) is 128 cm³/mol. The minimum absolute atomic E-state index is 0.678. The zero-order valence-electron chi connectivity index (χ0n) is 22.3. The van der Waals surface area contributed by atoms with Gasteiger partial charge in [-0.05, 0) is 48.5 Å². The smallest absolute Gasteiger partial charge is 0.437 e. The van der Waals surface area contributed by atoms with Gasteiger partial charge in [0, 0.05) is 12.3 Å². The second kappa shape index (κ2) is 11.8. The van der Waals surface area contributed by atoms with Crippen molar-refractivity contribution in [3.8, 4) is 0 Å². The lowest BCUT2D eigenvalue weighted by molar-refractivity contribution is -0.163. The molecule has 15 nitrogen and oxygen atoms in total. The molecule has 4 atom stereocenters. The molecule has 0 spiro atoms. The lowest BCUT2D eigenvalue weighted by Crippen LogP contribution is -2.46. The molecular formula is C22H35N2O13P. The Morgan fingerprint density at radius 3 is 2.00 bits per heavy atom. The van der Waals surface area contributed by atoms with E-state index in [1.165, 1.54) is 6.92 Å². The van der Waals surface area contributed by atoms with E-state index in [0.717, 1.165) is 16.8 Å². The van der Waals surface area contributed by atoms with E-state index in [-0.39, 0.29) is 0 Å². The van der Waals surface area contributed by atoms with Gasteiger partial charge >= 0.3 is 25.5 Å². The van der Waals surface area contributed by atoms with Crippen molar-refractivity contribution in [1.29, 1.82) is 0 Å². The fourth-order valence-corrected chi connectivity index (χ4v) is 3.90. The number of aliphatic hydroxyl groups excluding tert-OH is 1. The van der Waals surface area contributed by atoms with E-state index in [0.29, 0.717) is 0 Å². The van der Waals surface area contributed by atoms with Crippen molar-refractivity contribution in [2.75, 3.05) is 20.2 Å². The summed E-state index contributed by atoms with van der Waals surface area (Å²) >= 11 is 0. The van der Waals surface area contributed by atoms with Gasteiger partial charge in [-0.15, -0.1) is 0 Å². The molecule has 38 heavy (non-hydrogen) atoms. The Morgan fingerprint density at radius 1 is 1.05 bits per heavy atom. The van der Waals surface area contributed by atoms with Gasteiger partial charge in [-0.3, -0.25) is 28.5 Å². The van der Waals surface area contributed by atoms with Crippen LogP contribution in [0.5, 0.6) is 0 Å². The molecule has 0 aromatic carbocycles. The summed E-state index contributed by atoms with van der Waals surface area (Å²) in [6.07, 6.45) is -3.43. The number of rotatable bonds is 10. The van der Waals surface area contributed by atoms with E-state index in [1.807, 2.05) is 4.98 Å². The van der Waals surface area contributed by atoms with Crippen LogP contribution in [0.15, 0.2) is 21.9 Å². The number of carbonyl (C=O) groups excluding carboxylic acids is 2. The molecule has 1 aliphatic heterocycles. The van der Waals surface area contributed by atoms with Gasteiger partial charge in [-0.25, -0.2) is 18.4 Å². The molecule has 2 rings (SSSR count). The number of aliphatic hydroxyl groups is 2. The third-order valence-electron chi connectivity index (χ3n) is 5.28. The van der Waals surface area contributed by atoms with Gasteiger partial charge < -0.3 is 24.4 Å². The molecule has 1 fully saturated rings. The summed E-state index contributed by atoms with van der Waals surface area (Å²) in [5.74, 6) is -1.36. The van der Waals surface area contributed by atoms with Crippen LogP contribution >= 0.6 is 7.82 Å². The monoisotopic (exact) mass is 566 g/mol. The highest BCUT2D eigenvalue weighted by molar-refractivity contribution is 7.48. The van der Waals surface area contributed by atoms with E-state index in [2.05, 4.69) is 0 Å². The lowest BCUT2D eigenvalue weighted by atomic mass is 9.96. The third-order valence-corrected chi connectivity index (χ3v) is 6.59. The van der Waals surface area contributed by atoms with Crippen molar-refractivity contribution < 1.29 is 52.1 Å². The van der Waals surface area contributed by atoms with Crippen LogP contribution in [0.2, 0.25) is 0 Å². The highest BCUT2D eigenvalue weighted by Gasteiger charge is 2.54. The molecule has 0 radical (unpaired) electrons. The molecule has 2 heterocycles. The average molecular weight is 566 g/mol. The summed E-state index contributed by atoms with van der Waals surface area (Å²) in [5.41, 5.74) is -5.42. The largest absolute Gasteiger partial charge is 0.480 e. The fourth-order valence-electron chi connectivity index (χ4n) is 2.99. The normalized spacial score (nSPS) is 24.3. The number of ether oxygens (including phenoxy) is 3. The maximum atomic E-state index is 13.2. The van der Waals surface area contributed by atoms with Gasteiger partial charge in [0.25, 0.3) is 5.56 Å². The number of esters is 2. The Bertz CT molecular complexity index is 1130. The Balaban J connectivity index is 2.14. The highest BCUT2D eigenvalue weighted by Crippen LogP contribution is 2.50. The number of hydrogen-bond acceptors (Lipinski definition) is 13. The average Bonchev–Trinajstić information content (AvgIpc) is 3.00. The van der Waals surface area contributed by atoms with Crippen LogP contribution in [-0.4, -0.2) is 69.7 Å². The van der Waals surface area contributed by atoms with Gasteiger partial charge in [-0.2, -0.15) is 0 Å². The molecule has 3 N–H and O–H groups in total. The van der Waals surface area contributed by atoms with Gasteiger partial charge in [0.15, 0.2) is 6.23 Å². The van der Waals surface area contributed by atoms with Crippen molar-refractivity contribution in [3.63, 3.8) is 0 Å². The molecule has 1 aromatic rings. The molecule has 0 amide bonds. The molecule has 1 saturated heterocycles. The van der Waals surface area contributed by atoms with Crippen molar-refractivity contribution in [3.05, 3.63) is 33.1 Å². The Labute approximate surface area is 218 Å². The van der Waals surface area contributed by atoms with Gasteiger partial charge in [0.1, 0.15) is 17.8 Å². The minimum atomic E-state index is -4.61. The highest BCUT2D eigenvalue weighted by atomic mass is 31.2. The van der Waals surface area contributed by atoms with Crippen LogP contribution in [0.4, 0.5) is 0 Å². The molecule has 1 aliphatic rings. The third kappa shape index (κ3) is 8.06. The molecular weight excluding hydrogens is 531 g/mol. The fraction of sp³-hybridized carbons (Fsp3) is 0.727. The maximum Gasteiger partial charge on any atom is 0.480 e. The summed E-state index contributed by atoms with van der Waals surface area (Å²) in [6, 6.07) is 1.02. The number of hydrogen-bond donors (Lipinski definition) is 3. The summed E-state index contributed by atoms with van der Waals surface area (Å²) in [7, 11) is -4.61. The summed E-state index contributed by atoms with van der Waals surface area (Å²) in [6.45, 7) is 8.31. The number of aromatic amines is 1. The first-order valence-electron chi connectivity index (χ1n) is 11.5. The molecule has 2 unspecified atom stereocenters. The Morgan fingerprint density at radius 2 is 1.55 bits per heavy atom. The van der Waals surface area contributed by atoms with Gasteiger partial charge in [-0.1, -0.05) is 0 Å². The van der Waals surface area contributed by atoms with Gasteiger partial charge in [0.2, 0.25) is 13.6 Å². The van der Waals surface area contributed by atoms with E-state index in [9.17, 15) is 34.0 Å². The van der Waals surface area contributed by atoms with Crippen molar-refractivity contribution in [1.82, 2.24) is 9.55 Å². The molecule has 0 saturated carbocycles. The zero-order chi connectivity index (χ0) is 29.1. The number of nitrogens with zero attached hydrogens (tertiary/aromatic N) is 1. The first kappa shape index (κ1) is 31.8. The number of phosphoric ester groups is 1. The molecule has 16 heteroatoms. The minimum Gasteiger partial charge on any atom is -0.437 e. The number of H-pyrrole nitrogens is 1. The molecule has 0 bridgehead atoms. The quantitative estimate of drug-likeness (QED) is 0.204. The number of carbonyl (C=O) groups is 2. The van der Waals surface area contributed by atoms with Crippen molar-refractivity contribution >= 4 is 19.8 Å². The van der Waals surface area contributed by atoms with Crippen LogP contribution in [-0.2, 0) is 41.9 Å². The predicted octanol–water partition coefficient (Wildman–Crippen LogP) is 0.797. The van der Waals surface area contributed by atoms with E-state index < -0.39 is 86.1 Å². The van der Waals surface area contributed by atoms with Crippen molar-refractivity contribution in [2.45, 2.75) is 72.5 Å². The van der Waals surface area contributed by atoms with Crippen LogP contribution in [0.3, 0.4) is 0 Å². The van der Waals surface area contributed by atoms with Crippen LogP contribution in [0.1, 0.15) is 54.7 Å². The van der Waals surface area contributed by atoms with Gasteiger partial charge in [0.05, 0.1) is 17.4 Å². The number of nitrogens with one attached hydrogen (secondary N) is 1. The summed E-state index contributed by atoms with van der Waals surface area (Å²) < 4.78 is 44.8. The summed E-state index contributed by atoms with van der Waals surface area (Å²) in [4.78, 5) is 49.5. The first-order valence-corrected chi connectivity index (χ1v) is 13.0. The maximum absolute atomic E-state index is 13.2. The summed E-state index contributed by atoms with van der Waals surface area (Å²) in [5, 5.41) is 21.4. The topological polar surface area (TPSA) is 202 Å². The number of phosphoric acid groups is 1. The van der Waals surface area contributed by atoms with Crippen molar-refractivity contribution in [2.24, 2.45) is 10.8 Å². The van der Waals surface area contributed by atoms with Crippen LogP contribution in [0.25, 0.3) is 0 Å². The molecule has 0 aliphatic carbocycles. The number of aromatic nitrogens is 2. The molecule has 216 valence electrons.